The van der Waals surface area contributed by atoms with Crippen molar-refractivity contribution in [2.75, 3.05) is 27.6 Å². The summed E-state index contributed by atoms with van der Waals surface area (Å²) in [4.78, 5) is 42.0. The molecule has 1 aliphatic heterocycles. The van der Waals surface area contributed by atoms with Crippen LogP contribution in [0.1, 0.15) is 57.4 Å². The molecule has 1 saturated heterocycles. The zero-order valence-corrected chi connectivity index (χ0v) is 22.4. The number of pyridine rings is 1. The highest BCUT2D eigenvalue weighted by atomic mass is 16.7. The Kier molecular flexibility index (Phi) is 11.8. The first-order valence-electron chi connectivity index (χ1n) is 12.2. The van der Waals surface area contributed by atoms with Gasteiger partial charge in [-0.3, -0.25) is 9.59 Å². The summed E-state index contributed by atoms with van der Waals surface area (Å²) >= 11 is 0. The Labute approximate surface area is 217 Å². The van der Waals surface area contributed by atoms with Crippen LogP contribution in [0.5, 0.6) is 11.5 Å². The van der Waals surface area contributed by atoms with Crippen LogP contribution >= 0.6 is 0 Å². The third kappa shape index (κ3) is 8.71. The van der Waals surface area contributed by atoms with Gasteiger partial charge in [0.2, 0.25) is 6.79 Å². The van der Waals surface area contributed by atoms with Gasteiger partial charge in [-0.15, -0.1) is 0 Å². The van der Waals surface area contributed by atoms with Gasteiger partial charge in [-0.2, -0.15) is 0 Å². The van der Waals surface area contributed by atoms with Crippen molar-refractivity contribution in [2.24, 2.45) is 5.92 Å². The summed E-state index contributed by atoms with van der Waals surface area (Å²) in [6.45, 7) is 10.8. The molecule has 0 saturated carbocycles. The summed E-state index contributed by atoms with van der Waals surface area (Å²) in [5.41, 5.74) is 0.741. The molecule has 1 aromatic rings. The Balaban J connectivity index is 2.18. The van der Waals surface area contributed by atoms with E-state index in [4.69, 9.17) is 28.4 Å². The third-order valence-corrected chi connectivity index (χ3v) is 5.70. The summed E-state index contributed by atoms with van der Waals surface area (Å²) < 4.78 is 33.1. The molecule has 1 aromatic heterocycles. The average molecular weight is 523 g/mol. The fourth-order valence-corrected chi connectivity index (χ4v) is 3.77. The van der Waals surface area contributed by atoms with Crippen LogP contribution in [-0.4, -0.2) is 74.8 Å². The van der Waals surface area contributed by atoms with Crippen LogP contribution in [0.3, 0.4) is 0 Å². The lowest BCUT2D eigenvalue weighted by molar-refractivity contribution is -0.163. The minimum Gasteiger partial charge on any atom is -0.493 e. The fraction of sp³-hybridized carbons (Fsp3) is 0.615. The van der Waals surface area contributed by atoms with Crippen LogP contribution in [0.25, 0.3) is 0 Å². The van der Waals surface area contributed by atoms with E-state index in [1.165, 1.54) is 26.5 Å². The molecule has 206 valence electrons. The molecule has 2 rings (SSSR count). The maximum absolute atomic E-state index is 13.2. The van der Waals surface area contributed by atoms with E-state index in [-0.39, 0.29) is 29.2 Å². The number of nitrogens with one attached hydrogen (secondary N) is 1. The molecule has 1 N–H and O–H groups in total. The Morgan fingerprint density at radius 1 is 1.27 bits per heavy atom. The average Bonchev–Trinajstić information content (AvgIpc) is 2.90. The van der Waals surface area contributed by atoms with E-state index in [0.29, 0.717) is 25.9 Å². The van der Waals surface area contributed by atoms with Crippen LogP contribution in [0.4, 0.5) is 0 Å². The maximum atomic E-state index is 13.2. The largest absolute Gasteiger partial charge is 0.493 e. The van der Waals surface area contributed by atoms with Gasteiger partial charge in [-0.05, 0) is 33.1 Å². The molecular weight excluding hydrogens is 484 g/mol. The number of esters is 2. The van der Waals surface area contributed by atoms with E-state index in [0.717, 1.165) is 5.57 Å². The number of rotatable bonds is 11. The highest BCUT2D eigenvalue weighted by Crippen LogP contribution is 2.30. The van der Waals surface area contributed by atoms with Crippen molar-refractivity contribution in [3.05, 3.63) is 30.1 Å². The molecule has 11 nitrogen and oxygen atoms in total. The molecule has 37 heavy (non-hydrogen) atoms. The second-order valence-electron chi connectivity index (χ2n) is 9.18. The third-order valence-electron chi connectivity index (χ3n) is 5.70. The SMILES string of the molecule is C=C(C)CO[C@H]1CCC[C@H](NC(=O)c2nccc(OC)c2OCOC(=O)C(C)C)C(=O)O[C@@H](C)[C@@H]1OC. The van der Waals surface area contributed by atoms with Crippen LogP contribution in [0, 0.1) is 5.92 Å². The number of methoxy groups -OCH3 is 2. The number of amides is 1. The first kappa shape index (κ1) is 30.0. The summed E-state index contributed by atoms with van der Waals surface area (Å²) in [5, 5.41) is 2.69. The number of hydrogen-bond acceptors (Lipinski definition) is 10. The van der Waals surface area contributed by atoms with Gasteiger partial charge in [0, 0.05) is 19.4 Å². The molecule has 1 amide bonds. The van der Waals surface area contributed by atoms with Gasteiger partial charge < -0.3 is 33.7 Å². The highest BCUT2D eigenvalue weighted by molar-refractivity contribution is 5.98. The molecule has 0 spiro atoms. The number of ether oxygens (including phenoxy) is 6. The van der Waals surface area contributed by atoms with Gasteiger partial charge in [0.05, 0.1) is 25.7 Å². The lowest BCUT2D eigenvalue weighted by Gasteiger charge is -2.30. The normalized spacial score (nSPS) is 22.2. The summed E-state index contributed by atoms with van der Waals surface area (Å²) in [5.74, 6) is -1.88. The number of aromatic nitrogens is 1. The standard InChI is InChI=1S/C26H38N2O9/c1-15(2)13-34-20-10-8-9-18(26(31)37-17(5)22(20)33-7)28-24(29)21-23(19(32-6)11-12-27-21)35-14-36-25(30)16(3)4/h11-12,16-18,20,22H,1,8-10,13-14H2,2-7H3,(H,28,29)/t17-,18-,20-,22-/m0/s1. The first-order valence-corrected chi connectivity index (χ1v) is 12.2. The smallest absolute Gasteiger partial charge is 0.329 e. The first-order chi connectivity index (χ1) is 17.6. The van der Waals surface area contributed by atoms with E-state index in [2.05, 4.69) is 16.9 Å². The van der Waals surface area contributed by atoms with Crippen LogP contribution in [-0.2, 0) is 28.5 Å². The number of cyclic esters (lactones) is 1. The van der Waals surface area contributed by atoms with Crippen LogP contribution < -0.4 is 14.8 Å². The molecule has 0 unspecified atom stereocenters. The van der Waals surface area contributed by atoms with Crippen molar-refractivity contribution in [1.29, 1.82) is 0 Å². The second-order valence-corrected chi connectivity index (χ2v) is 9.18. The predicted octanol–water partition coefficient (Wildman–Crippen LogP) is 2.82. The molecule has 0 aliphatic carbocycles. The predicted molar refractivity (Wildman–Crippen MR) is 133 cm³/mol. The van der Waals surface area contributed by atoms with Gasteiger partial charge >= 0.3 is 11.9 Å². The highest BCUT2D eigenvalue weighted by Gasteiger charge is 2.35. The summed E-state index contributed by atoms with van der Waals surface area (Å²) in [7, 11) is 2.94. The molecular formula is C26H38N2O9. The van der Waals surface area contributed by atoms with E-state index in [9.17, 15) is 14.4 Å². The summed E-state index contributed by atoms with van der Waals surface area (Å²) in [6.07, 6.45) is 1.43. The molecule has 1 fully saturated rings. The van der Waals surface area contributed by atoms with Crippen molar-refractivity contribution >= 4 is 17.8 Å². The zero-order valence-electron chi connectivity index (χ0n) is 22.4. The van der Waals surface area contributed by atoms with Gasteiger partial charge in [0.15, 0.2) is 17.2 Å². The van der Waals surface area contributed by atoms with Crippen molar-refractivity contribution in [2.45, 2.75) is 71.3 Å². The van der Waals surface area contributed by atoms with Crippen molar-refractivity contribution in [3.8, 4) is 11.5 Å². The maximum Gasteiger partial charge on any atom is 0.329 e. The van der Waals surface area contributed by atoms with Crippen molar-refractivity contribution < 1.29 is 42.8 Å². The topological polar surface area (TPSA) is 132 Å². The lowest BCUT2D eigenvalue weighted by Crippen LogP contribution is -2.45. The van der Waals surface area contributed by atoms with Crippen LogP contribution in [0.2, 0.25) is 0 Å². The second kappa shape index (κ2) is 14.5. The van der Waals surface area contributed by atoms with Gasteiger partial charge in [0.1, 0.15) is 18.2 Å². The molecule has 0 bridgehead atoms. The number of carbonyl (C=O) groups excluding carboxylic acids is 3. The molecule has 0 radical (unpaired) electrons. The van der Waals surface area contributed by atoms with Gasteiger partial charge in [-0.25, -0.2) is 9.78 Å². The Bertz CT molecular complexity index is 950. The Morgan fingerprint density at radius 3 is 2.62 bits per heavy atom. The molecule has 11 heteroatoms. The van der Waals surface area contributed by atoms with Crippen molar-refractivity contribution in [1.82, 2.24) is 10.3 Å². The van der Waals surface area contributed by atoms with Gasteiger partial charge in [0.25, 0.3) is 5.91 Å². The van der Waals surface area contributed by atoms with Gasteiger partial charge in [-0.1, -0.05) is 26.0 Å². The fourth-order valence-electron chi connectivity index (χ4n) is 3.77. The number of carbonyl (C=O) groups is 3. The minimum absolute atomic E-state index is 0.0171. The number of hydrogen-bond donors (Lipinski definition) is 1. The lowest BCUT2D eigenvalue weighted by atomic mass is 10.0. The minimum atomic E-state index is -0.938. The number of nitrogens with zero attached hydrogens (tertiary/aromatic N) is 1. The van der Waals surface area contributed by atoms with Crippen molar-refractivity contribution in [3.63, 3.8) is 0 Å². The molecule has 1 aliphatic rings. The Hall–Kier alpha value is -3.18. The van der Waals surface area contributed by atoms with E-state index >= 15 is 0 Å². The van der Waals surface area contributed by atoms with E-state index in [1.807, 2.05) is 6.92 Å². The van der Waals surface area contributed by atoms with E-state index in [1.54, 1.807) is 20.8 Å². The monoisotopic (exact) mass is 522 g/mol. The van der Waals surface area contributed by atoms with E-state index < -0.39 is 42.9 Å². The molecule has 0 aromatic carbocycles. The quantitative estimate of drug-likeness (QED) is 0.263. The molecule has 4 atom stereocenters. The Morgan fingerprint density at radius 2 is 2.00 bits per heavy atom. The molecule has 2 heterocycles. The van der Waals surface area contributed by atoms with Crippen LogP contribution in [0.15, 0.2) is 24.4 Å². The zero-order chi connectivity index (χ0) is 27.5. The summed E-state index contributed by atoms with van der Waals surface area (Å²) in [6, 6.07) is 0.564.